The van der Waals surface area contributed by atoms with Gasteiger partial charge in [0.15, 0.2) is 0 Å². The van der Waals surface area contributed by atoms with Crippen molar-refractivity contribution in [2.75, 3.05) is 18.9 Å². The Labute approximate surface area is 164 Å². The second-order valence-corrected chi connectivity index (χ2v) is 10.2. The monoisotopic (exact) mass is 399 g/mol. The third kappa shape index (κ3) is 6.29. The quantitative estimate of drug-likeness (QED) is 0.618. The zero-order chi connectivity index (χ0) is 19.9. The molecule has 0 aromatic carbocycles. The summed E-state index contributed by atoms with van der Waals surface area (Å²) in [4.78, 5) is 6.62. The van der Waals surface area contributed by atoms with Gasteiger partial charge >= 0.3 is 0 Å². The van der Waals surface area contributed by atoms with E-state index in [4.69, 9.17) is 0 Å². The highest BCUT2D eigenvalue weighted by molar-refractivity contribution is 7.91. The van der Waals surface area contributed by atoms with Crippen LogP contribution in [-0.4, -0.2) is 52.9 Å². The van der Waals surface area contributed by atoms with E-state index in [2.05, 4.69) is 30.7 Å². The van der Waals surface area contributed by atoms with E-state index in [-0.39, 0.29) is 23.6 Å². The van der Waals surface area contributed by atoms with Crippen molar-refractivity contribution in [2.24, 2.45) is 5.92 Å². The van der Waals surface area contributed by atoms with E-state index in [0.717, 1.165) is 50.8 Å². The van der Waals surface area contributed by atoms with Crippen LogP contribution in [0.15, 0.2) is 11.4 Å². The molecule has 0 spiro atoms. The van der Waals surface area contributed by atoms with Crippen LogP contribution in [0.25, 0.3) is 0 Å². The minimum Gasteiger partial charge on any atom is -0.395 e. The van der Waals surface area contributed by atoms with Gasteiger partial charge in [-0.05, 0) is 44.6 Å². The SMILES string of the molecule is CCCCn1c(CN2CCCCC2CO)cnc1S(=O)(=O)CCCC(C)C. The largest absolute Gasteiger partial charge is 0.395 e. The maximum Gasteiger partial charge on any atom is 0.227 e. The molecule has 1 N–H and O–H groups in total. The van der Waals surface area contributed by atoms with E-state index >= 15 is 0 Å². The zero-order valence-electron chi connectivity index (χ0n) is 17.2. The molecule has 1 saturated heterocycles. The number of aromatic nitrogens is 2. The number of sulfone groups is 1. The Balaban J connectivity index is 2.20. The first-order valence-electron chi connectivity index (χ1n) is 10.5. The molecular weight excluding hydrogens is 362 g/mol. The first kappa shape index (κ1) is 22.4. The van der Waals surface area contributed by atoms with Gasteiger partial charge in [0.25, 0.3) is 0 Å². The molecule has 6 nitrogen and oxygen atoms in total. The summed E-state index contributed by atoms with van der Waals surface area (Å²) >= 11 is 0. The van der Waals surface area contributed by atoms with E-state index in [1.165, 1.54) is 0 Å². The Kier molecular flexibility index (Phi) is 8.76. The zero-order valence-corrected chi connectivity index (χ0v) is 18.0. The molecule has 156 valence electrons. The van der Waals surface area contributed by atoms with Crippen LogP contribution in [-0.2, 0) is 22.9 Å². The molecule has 1 fully saturated rings. The summed E-state index contributed by atoms with van der Waals surface area (Å²) in [5.41, 5.74) is 0.950. The number of piperidine rings is 1. The van der Waals surface area contributed by atoms with Gasteiger partial charge in [-0.15, -0.1) is 0 Å². The van der Waals surface area contributed by atoms with Crippen molar-refractivity contribution in [3.8, 4) is 0 Å². The first-order chi connectivity index (χ1) is 12.9. The fourth-order valence-corrected chi connectivity index (χ4v) is 5.26. The molecule has 1 unspecified atom stereocenters. The molecule has 1 aromatic rings. The van der Waals surface area contributed by atoms with E-state index < -0.39 is 9.84 Å². The van der Waals surface area contributed by atoms with Crippen molar-refractivity contribution in [2.45, 2.75) is 90.0 Å². The van der Waals surface area contributed by atoms with Crippen molar-refractivity contribution in [3.05, 3.63) is 11.9 Å². The van der Waals surface area contributed by atoms with Crippen molar-refractivity contribution < 1.29 is 13.5 Å². The summed E-state index contributed by atoms with van der Waals surface area (Å²) in [5, 5.41) is 9.90. The lowest BCUT2D eigenvalue weighted by atomic mass is 10.0. The number of likely N-dealkylation sites (tertiary alicyclic amines) is 1. The molecule has 1 aliphatic rings. The average Bonchev–Trinajstić information content (AvgIpc) is 3.03. The summed E-state index contributed by atoms with van der Waals surface area (Å²) in [6.45, 7) is 8.78. The van der Waals surface area contributed by atoms with Gasteiger partial charge in [0, 0.05) is 19.1 Å². The smallest absolute Gasteiger partial charge is 0.227 e. The first-order valence-corrected chi connectivity index (χ1v) is 12.2. The summed E-state index contributed by atoms with van der Waals surface area (Å²) in [7, 11) is -3.37. The van der Waals surface area contributed by atoms with E-state index in [0.29, 0.717) is 25.4 Å². The van der Waals surface area contributed by atoms with Crippen LogP contribution in [0.1, 0.15) is 71.4 Å². The minimum absolute atomic E-state index is 0.156. The number of hydrogen-bond donors (Lipinski definition) is 1. The maximum atomic E-state index is 12.9. The minimum atomic E-state index is -3.37. The van der Waals surface area contributed by atoms with Gasteiger partial charge in [-0.3, -0.25) is 4.90 Å². The van der Waals surface area contributed by atoms with Gasteiger partial charge in [0.1, 0.15) is 0 Å². The molecule has 2 heterocycles. The topological polar surface area (TPSA) is 75.4 Å². The van der Waals surface area contributed by atoms with E-state index in [1.807, 2.05) is 4.57 Å². The lowest BCUT2D eigenvalue weighted by Crippen LogP contribution is -2.41. The predicted octanol–water partition coefficient (Wildman–Crippen LogP) is 3.24. The summed E-state index contributed by atoms with van der Waals surface area (Å²) in [6.07, 6.45) is 8.53. The number of aliphatic hydroxyl groups is 1. The van der Waals surface area contributed by atoms with Crippen LogP contribution in [0.3, 0.4) is 0 Å². The predicted molar refractivity (Wildman–Crippen MR) is 108 cm³/mol. The standard InChI is InChI=1S/C20H37N3O3S/c1-4-5-12-23-19(15-22-11-7-6-10-18(22)16-24)14-21-20(23)27(25,26)13-8-9-17(2)3/h14,17-18,24H,4-13,15-16H2,1-3H3. The average molecular weight is 400 g/mol. The molecule has 27 heavy (non-hydrogen) atoms. The Morgan fingerprint density at radius 1 is 1.30 bits per heavy atom. The van der Waals surface area contributed by atoms with Crippen molar-refractivity contribution >= 4 is 9.84 Å². The molecule has 1 atom stereocenters. The Bertz CT molecular complexity index is 670. The fraction of sp³-hybridized carbons (Fsp3) is 0.850. The fourth-order valence-electron chi connectivity index (χ4n) is 3.78. The van der Waals surface area contributed by atoms with Gasteiger partial charge in [-0.2, -0.15) is 0 Å². The number of hydrogen-bond acceptors (Lipinski definition) is 5. The second-order valence-electron chi connectivity index (χ2n) is 8.19. The molecule has 0 bridgehead atoms. The number of aliphatic hydroxyl groups excluding tert-OH is 1. The highest BCUT2D eigenvalue weighted by Gasteiger charge is 2.26. The Morgan fingerprint density at radius 2 is 2.07 bits per heavy atom. The molecule has 7 heteroatoms. The maximum absolute atomic E-state index is 12.9. The molecule has 1 aromatic heterocycles. The molecule has 0 saturated carbocycles. The molecular formula is C20H37N3O3S. The molecule has 2 rings (SSSR count). The number of rotatable bonds is 11. The molecule has 0 aliphatic carbocycles. The number of unbranched alkanes of at least 4 members (excludes halogenated alkanes) is 1. The van der Waals surface area contributed by atoms with E-state index in [9.17, 15) is 13.5 Å². The lowest BCUT2D eigenvalue weighted by Gasteiger charge is -2.34. The normalized spacial score (nSPS) is 19.1. The number of nitrogens with zero attached hydrogens (tertiary/aromatic N) is 3. The Hall–Kier alpha value is -0.920. The lowest BCUT2D eigenvalue weighted by molar-refractivity contribution is 0.0818. The summed E-state index contributed by atoms with van der Waals surface area (Å²) in [5.74, 6) is 0.668. The van der Waals surface area contributed by atoms with Gasteiger partial charge < -0.3 is 9.67 Å². The van der Waals surface area contributed by atoms with Crippen LogP contribution in [0.2, 0.25) is 0 Å². The van der Waals surface area contributed by atoms with Crippen molar-refractivity contribution in [1.82, 2.24) is 14.5 Å². The summed E-state index contributed by atoms with van der Waals surface area (Å²) < 4.78 is 27.7. The third-order valence-corrected chi connectivity index (χ3v) is 7.14. The number of imidazole rings is 1. The van der Waals surface area contributed by atoms with Crippen LogP contribution in [0.5, 0.6) is 0 Å². The third-order valence-electron chi connectivity index (χ3n) is 5.43. The van der Waals surface area contributed by atoms with Crippen molar-refractivity contribution in [3.63, 3.8) is 0 Å². The van der Waals surface area contributed by atoms with Crippen LogP contribution in [0.4, 0.5) is 0 Å². The highest BCUT2D eigenvalue weighted by Crippen LogP contribution is 2.22. The van der Waals surface area contributed by atoms with Crippen LogP contribution in [0, 0.1) is 5.92 Å². The molecule has 0 amide bonds. The van der Waals surface area contributed by atoms with Gasteiger partial charge in [0.2, 0.25) is 15.0 Å². The van der Waals surface area contributed by atoms with Gasteiger partial charge in [-0.25, -0.2) is 13.4 Å². The van der Waals surface area contributed by atoms with E-state index in [1.54, 1.807) is 6.20 Å². The van der Waals surface area contributed by atoms with Gasteiger partial charge in [-0.1, -0.05) is 33.6 Å². The Morgan fingerprint density at radius 3 is 2.74 bits per heavy atom. The highest BCUT2D eigenvalue weighted by atomic mass is 32.2. The van der Waals surface area contributed by atoms with Gasteiger partial charge in [0.05, 0.1) is 24.3 Å². The molecule has 1 aliphatic heterocycles. The van der Waals surface area contributed by atoms with Crippen LogP contribution >= 0.6 is 0 Å². The summed E-state index contributed by atoms with van der Waals surface area (Å²) in [6, 6.07) is 0.166. The van der Waals surface area contributed by atoms with Crippen molar-refractivity contribution in [1.29, 1.82) is 0 Å². The molecule has 0 radical (unpaired) electrons. The van der Waals surface area contributed by atoms with Crippen LogP contribution < -0.4 is 0 Å². The second kappa shape index (κ2) is 10.6.